The zero-order valence-corrected chi connectivity index (χ0v) is 12.1. The average Bonchev–Trinajstić information content (AvgIpc) is 2.98. The zero-order chi connectivity index (χ0) is 14.5. The second-order valence-corrected chi connectivity index (χ2v) is 4.93. The van der Waals surface area contributed by atoms with Gasteiger partial charge in [0.05, 0.1) is 7.11 Å². The van der Waals surface area contributed by atoms with Crippen molar-refractivity contribution in [2.75, 3.05) is 26.8 Å². The van der Waals surface area contributed by atoms with Gasteiger partial charge in [0.2, 0.25) is 0 Å². The lowest BCUT2D eigenvalue weighted by atomic mass is 10.2. The molecule has 1 saturated heterocycles. The third kappa shape index (κ3) is 3.39. The first-order chi connectivity index (χ1) is 9.61. The van der Waals surface area contributed by atoms with Crippen LogP contribution in [0.2, 0.25) is 0 Å². The molecular weight excluding hydrogens is 278 g/mol. The third-order valence-corrected chi connectivity index (χ3v) is 3.65. The Morgan fingerprint density at radius 2 is 2.05 bits per heavy atom. The van der Waals surface area contributed by atoms with Crippen LogP contribution < -0.4 is 9.47 Å². The van der Waals surface area contributed by atoms with Crippen LogP contribution in [0.3, 0.4) is 0 Å². The Morgan fingerprint density at radius 3 is 2.65 bits per heavy atom. The van der Waals surface area contributed by atoms with Crippen LogP contribution in [0.1, 0.15) is 18.4 Å². The summed E-state index contributed by atoms with van der Waals surface area (Å²) in [5.41, 5.74) is 0.890. The molecule has 0 aliphatic carbocycles. The fourth-order valence-corrected chi connectivity index (χ4v) is 2.47. The van der Waals surface area contributed by atoms with Gasteiger partial charge in [-0.15, -0.1) is 0 Å². The van der Waals surface area contributed by atoms with Gasteiger partial charge in [-0.25, -0.2) is 4.79 Å². The van der Waals surface area contributed by atoms with Crippen molar-refractivity contribution in [1.29, 1.82) is 0 Å². The lowest BCUT2D eigenvalue weighted by molar-refractivity contribution is -0.139. The first-order valence-corrected chi connectivity index (χ1v) is 6.84. The molecule has 0 amide bonds. The summed E-state index contributed by atoms with van der Waals surface area (Å²) in [5.74, 6) is -0.128. The molecule has 0 atom stereocenters. The highest BCUT2D eigenvalue weighted by molar-refractivity contribution is 7.80. The predicted molar refractivity (Wildman–Crippen MR) is 78.6 cm³/mol. The van der Waals surface area contributed by atoms with E-state index in [9.17, 15) is 4.79 Å². The molecule has 1 aliphatic heterocycles. The molecule has 0 saturated carbocycles. The van der Waals surface area contributed by atoms with Gasteiger partial charge in [-0.3, -0.25) is 0 Å². The molecule has 0 aromatic heterocycles. The van der Waals surface area contributed by atoms with Crippen LogP contribution in [-0.2, 0) is 4.79 Å². The summed E-state index contributed by atoms with van der Waals surface area (Å²) in [6, 6.07) is 5.32. The Kier molecular flexibility index (Phi) is 4.79. The molecular formula is C14H17NO4S. The molecule has 0 bridgehead atoms. The molecule has 2 rings (SSSR count). The smallest absolute Gasteiger partial charge is 0.341 e. The molecule has 1 heterocycles. The Balaban J connectivity index is 2.15. The number of carboxylic acid groups (broad SMARTS) is 1. The normalized spacial score (nSPS) is 14.2. The molecule has 1 aromatic carbocycles. The van der Waals surface area contributed by atoms with Crippen LogP contribution in [0.15, 0.2) is 18.2 Å². The Hall–Kier alpha value is -1.82. The Labute approximate surface area is 123 Å². The summed E-state index contributed by atoms with van der Waals surface area (Å²) in [4.78, 5) is 13.5. The average molecular weight is 295 g/mol. The molecule has 0 radical (unpaired) electrons. The highest BCUT2D eigenvalue weighted by atomic mass is 32.1. The molecule has 0 spiro atoms. The molecule has 1 aliphatic rings. The minimum atomic E-state index is -1.02. The Morgan fingerprint density at radius 1 is 1.35 bits per heavy atom. The second kappa shape index (κ2) is 6.56. The molecule has 1 N–H and O–H groups in total. The summed E-state index contributed by atoms with van der Waals surface area (Å²) in [5, 5.41) is 8.63. The number of aliphatic carboxylic acids is 1. The summed E-state index contributed by atoms with van der Waals surface area (Å²) in [6.07, 6.45) is 2.33. The van der Waals surface area contributed by atoms with Crippen molar-refractivity contribution < 1.29 is 19.4 Å². The molecule has 5 nitrogen and oxygen atoms in total. The van der Waals surface area contributed by atoms with Crippen LogP contribution in [-0.4, -0.2) is 47.8 Å². The van der Waals surface area contributed by atoms with E-state index < -0.39 is 12.6 Å². The fourth-order valence-electron chi connectivity index (χ4n) is 2.16. The molecule has 1 fully saturated rings. The SMILES string of the molecule is COc1cc(C(=S)N2CCCC2)ccc1OCC(=O)O. The Bertz CT molecular complexity index is 512. The standard InChI is InChI=1S/C14H17NO4S/c1-18-12-8-10(14(20)15-6-2-3-7-15)4-5-11(12)19-9-13(16)17/h4-5,8H,2-3,6-7,9H2,1H3,(H,16,17). The molecule has 1 aromatic rings. The molecule has 20 heavy (non-hydrogen) atoms. The summed E-state index contributed by atoms with van der Waals surface area (Å²) in [6.45, 7) is 1.57. The maximum absolute atomic E-state index is 10.5. The predicted octanol–water partition coefficient (Wildman–Crippen LogP) is 1.93. The maximum atomic E-state index is 10.5. The van der Waals surface area contributed by atoms with Crippen molar-refractivity contribution in [2.24, 2.45) is 0 Å². The summed E-state index contributed by atoms with van der Waals surface area (Å²) < 4.78 is 10.4. The van der Waals surface area contributed by atoms with Crippen LogP contribution in [0, 0.1) is 0 Å². The topological polar surface area (TPSA) is 59.0 Å². The number of likely N-dealkylation sites (tertiary alicyclic amines) is 1. The first-order valence-electron chi connectivity index (χ1n) is 6.43. The van der Waals surface area contributed by atoms with E-state index in [1.54, 1.807) is 12.1 Å². The van der Waals surface area contributed by atoms with E-state index in [2.05, 4.69) is 4.90 Å². The summed E-state index contributed by atoms with van der Waals surface area (Å²) in [7, 11) is 1.52. The van der Waals surface area contributed by atoms with Crippen molar-refractivity contribution in [3.05, 3.63) is 23.8 Å². The van der Waals surface area contributed by atoms with E-state index in [1.807, 2.05) is 6.07 Å². The van der Waals surface area contributed by atoms with Crippen molar-refractivity contribution in [3.8, 4) is 11.5 Å². The van der Waals surface area contributed by atoms with Crippen molar-refractivity contribution >= 4 is 23.2 Å². The van der Waals surface area contributed by atoms with Crippen molar-refractivity contribution in [1.82, 2.24) is 4.90 Å². The van der Waals surface area contributed by atoms with Crippen LogP contribution in [0.5, 0.6) is 11.5 Å². The number of rotatable bonds is 5. The second-order valence-electron chi connectivity index (χ2n) is 4.55. The number of hydrogen-bond donors (Lipinski definition) is 1. The highest BCUT2D eigenvalue weighted by Gasteiger charge is 2.17. The largest absolute Gasteiger partial charge is 0.493 e. The van der Waals surface area contributed by atoms with E-state index in [4.69, 9.17) is 26.8 Å². The minimum absolute atomic E-state index is 0.397. The van der Waals surface area contributed by atoms with Gasteiger partial charge in [-0.1, -0.05) is 12.2 Å². The number of hydrogen-bond acceptors (Lipinski definition) is 4. The van der Waals surface area contributed by atoms with Gasteiger partial charge in [0.25, 0.3) is 0 Å². The fraction of sp³-hybridized carbons (Fsp3) is 0.429. The van der Waals surface area contributed by atoms with Crippen LogP contribution >= 0.6 is 12.2 Å². The molecule has 0 unspecified atom stereocenters. The minimum Gasteiger partial charge on any atom is -0.493 e. The van der Waals surface area contributed by atoms with E-state index in [0.29, 0.717) is 11.5 Å². The van der Waals surface area contributed by atoms with Crippen LogP contribution in [0.25, 0.3) is 0 Å². The zero-order valence-electron chi connectivity index (χ0n) is 11.3. The van der Waals surface area contributed by atoms with Crippen LogP contribution in [0.4, 0.5) is 0 Å². The van der Waals surface area contributed by atoms with Gasteiger partial charge >= 0.3 is 5.97 Å². The number of nitrogens with zero attached hydrogens (tertiary/aromatic N) is 1. The molecule has 6 heteroatoms. The van der Waals surface area contributed by atoms with Gasteiger partial charge in [-0.2, -0.15) is 0 Å². The van der Waals surface area contributed by atoms with Gasteiger partial charge < -0.3 is 19.5 Å². The maximum Gasteiger partial charge on any atom is 0.341 e. The van der Waals surface area contributed by atoms with Gasteiger partial charge in [0.15, 0.2) is 18.1 Å². The third-order valence-electron chi connectivity index (χ3n) is 3.15. The van der Waals surface area contributed by atoms with Gasteiger partial charge in [0, 0.05) is 18.7 Å². The lowest BCUT2D eigenvalue weighted by Gasteiger charge is -2.19. The number of carbonyl (C=O) groups is 1. The highest BCUT2D eigenvalue weighted by Crippen LogP contribution is 2.29. The van der Waals surface area contributed by atoms with Gasteiger partial charge in [-0.05, 0) is 31.0 Å². The van der Waals surface area contributed by atoms with Gasteiger partial charge in [0.1, 0.15) is 4.99 Å². The number of methoxy groups -OCH3 is 1. The van der Waals surface area contributed by atoms with E-state index >= 15 is 0 Å². The van der Waals surface area contributed by atoms with Crippen molar-refractivity contribution in [3.63, 3.8) is 0 Å². The lowest BCUT2D eigenvalue weighted by Crippen LogP contribution is -2.26. The number of carboxylic acids is 1. The number of ether oxygens (including phenoxy) is 2. The number of benzene rings is 1. The monoisotopic (exact) mass is 295 g/mol. The summed E-state index contributed by atoms with van der Waals surface area (Å²) >= 11 is 5.47. The first kappa shape index (κ1) is 14.6. The van der Waals surface area contributed by atoms with E-state index in [-0.39, 0.29) is 0 Å². The molecule has 108 valence electrons. The quantitative estimate of drug-likeness (QED) is 0.838. The van der Waals surface area contributed by atoms with E-state index in [1.165, 1.54) is 7.11 Å². The number of thiocarbonyl (C=S) groups is 1. The van der Waals surface area contributed by atoms with E-state index in [0.717, 1.165) is 36.5 Å². The van der Waals surface area contributed by atoms with Crippen molar-refractivity contribution in [2.45, 2.75) is 12.8 Å².